The van der Waals surface area contributed by atoms with E-state index in [1.807, 2.05) is 30.3 Å². The molecule has 1 amide bonds. The second-order valence-electron chi connectivity index (χ2n) is 5.88. The zero-order valence-electron chi connectivity index (χ0n) is 13.6. The maximum Gasteiger partial charge on any atom is 0.257 e. The smallest absolute Gasteiger partial charge is 0.257 e. The van der Waals surface area contributed by atoms with E-state index in [1.54, 1.807) is 0 Å². The molecule has 1 aliphatic heterocycles. The van der Waals surface area contributed by atoms with Gasteiger partial charge in [0.25, 0.3) is 5.91 Å². The van der Waals surface area contributed by atoms with Crippen LogP contribution in [0.2, 0.25) is 0 Å². The third-order valence-electron chi connectivity index (χ3n) is 4.11. The largest absolute Gasteiger partial charge is 0.379 e. The number of nitrogens with one attached hydrogen (secondary N) is 1. The number of amides is 1. The van der Waals surface area contributed by atoms with Crippen molar-refractivity contribution in [2.45, 2.75) is 25.2 Å². The van der Waals surface area contributed by atoms with Gasteiger partial charge in [-0.2, -0.15) is 0 Å². The number of hydrogen-bond acceptors (Lipinski definition) is 3. The van der Waals surface area contributed by atoms with Gasteiger partial charge in [0.2, 0.25) is 0 Å². The van der Waals surface area contributed by atoms with Crippen molar-refractivity contribution in [3.63, 3.8) is 0 Å². The van der Waals surface area contributed by atoms with Crippen LogP contribution in [0.15, 0.2) is 48.5 Å². The van der Waals surface area contributed by atoms with Crippen molar-refractivity contribution >= 4 is 5.91 Å². The molecule has 2 aromatic rings. The van der Waals surface area contributed by atoms with Crippen molar-refractivity contribution in [2.75, 3.05) is 13.2 Å². The number of carbonyl (C=O) groups is 1. The Kier molecular flexibility index (Phi) is 5.73. The van der Waals surface area contributed by atoms with Gasteiger partial charge in [-0.25, -0.2) is 8.78 Å². The highest BCUT2D eigenvalue weighted by molar-refractivity contribution is 5.95. The summed E-state index contributed by atoms with van der Waals surface area (Å²) < 4.78 is 38.8. The summed E-state index contributed by atoms with van der Waals surface area (Å²) in [5, 5.41) is 2.63. The number of ether oxygens (including phenoxy) is 2. The van der Waals surface area contributed by atoms with Gasteiger partial charge in [0.1, 0.15) is 17.2 Å². The summed E-state index contributed by atoms with van der Waals surface area (Å²) in [5.74, 6) is -2.59. The highest BCUT2D eigenvalue weighted by Crippen LogP contribution is 2.17. The zero-order chi connectivity index (χ0) is 17.6. The first kappa shape index (κ1) is 17.5. The summed E-state index contributed by atoms with van der Waals surface area (Å²) in [5.41, 5.74) is 0.425. The Morgan fingerprint density at radius 2 is 1.84 bits per heavy atom. The molecule has 3 rings (SSSR count). The summed E-state index contributed by atoms with van der Waals surface area (Å²) in [7, 11) is 0. The van der Waals surface area contributed by atoms with Crippen LogP contribution in [-0.4, -0.2) is 31.3 Å². The van der Waals surface area contributed by atoms with Crippen LogP contribution in [-0.2, 0) is 16.1 Å². The average molecular weight is 347 g/mol. The molecule has 0 bridgehead atoms. The first-order valence-corrected chi connectivity index (χ1v) is 8.13. The van der Waals surface area contributed by atoms with Crippen LogP contribution in [0.1, 0.15) is 22.3 Å². The highest BCUT2D eigenvalue weighted by atomic mass is 19.1. The molecular weight excluding hydrogens is 328 g/mol. The Morgan fingerprint density at radius 1 is 1.12 bits per heavy atom. The summed E-state index contributed by atoms with van der Waals surface area (Å²) in [6, 6.07) is 12.5. The van der Waals surface area contributed by atoms with E-state index < -0.39 is 29.1 Å². The fourth-order valence-corrected chi connectivity index (χ4v) is 2.79. The minimum atomic E-state index is -0.893. The normalized spacial score (nSPS) is 20.2. The SMILES string of the molecule is O=C(N[C@@H]1COCC[C@@H]1OCc1ccccc1)c1c(F)cccc1F. The van der Waals surface area contributed by atoms with Crippen LogP contribution in [0.5, 0.6) is 0 Å². The predicted molar refractivity (Wildman–Crippen MR) is 88.1 cm³/mol. The molecule has 1 saturated heterocycles. The summed E-state index contributed by atoms with van der Waals surface area (Å²) in [6.07, 6.45) is 0.310. The molecule has 4 nitrogen and oxygen atoms in total. The Balaban J connectivity index is 1.65. The van der Waals surface area contributed by atoms with Crippen molar-refractivity contribution in [3.8, 4) is 0 Å². The highest BCUT2D eigenvalue weighted by Gasteiger charge is 2.29. The Morgan fingerprint density at radius 3 is 2.56 bits per heavy atom. The summed E-state index contributed by atoms with van der Waals surface area (Å²) in [4.78, 5) is 12.3. The quantitative estimate of drug-likeness (QED) is 0.904. The second kappa shape index (κ2) is 8.18. The van der Waals surface area contributed by atoms with Gasteiger partial charge in [-0.1, -0.05) is 36.4 Å². The molecule has 6 heteroatoms. The maximum absolute atomic E-state index is 13.8. The van der Waals surface area contributed by atoms with Crippen LogP contribution < -0.4 is 5.32 Å². The van der Waals surface area contributed by atoms with Crippen molar-refractivity contribution in [1.82, 2.24) is 5.32 Å². The molecule has 25 heavy (non-hydrogen) atoms. The molecule has 2 atom stereocenters. The number of rotatable bonds is 5. The number of carbonyl (C=O) groups excluding carboxylic acids is 1. The molecule has 0 radical (unpaired) electrons. The maximum atomic E-state index is 13.8. The Hall–Kier alpha value is -2.31. The minimum Gasteiger partial charge on any atom is -0.379 e. The number of halogens is 2. The molecule has 0 aromatic heterocycles. The van der Waals surface area contributed by atoms with E-state index in [1.165, 1.54) is 6.07 Å². The second-order valence-corrected chi connectivity index (χ2v) is 5.88. The van der Waals surface area contributed by atoms with Crippen LogP contribution in [0.3, 0.4) is 0 Å². The molecule has 0 spiro atoms. The molecule has 132 valence electrons. The van der Waals surface area contributed by atoms with E-state index in [0.29, 0.717) is 19.6 Å². The van der Waals surface area contributed by atoms with Crippen molar-refractivity contribution in [1.29, 1.82) is 0 Å². The molecule has 0 aliphatic carbocycles. The fraction of sp³-hybridized carbons (Fsp3) is 0.316. The molecule has 1 N–H and O–H groups in total. The van der Waals surface area contributed by atoms with Gasteiger partial charge in [-0.05, 0) is 24.1 Å². The summed E-state index contributed by atoms with van der Waals surface area (Å²) >= 11 is 0. The summed E-state index contributed by atoms with van der Waals surface area (Å²) in [6.45, 7) is 1.15. The van der Waals surface area contributed by atoms with Gasteiger partial charge in [0, 0.05) is 6.61 Å². The monoisotopic (exact) mass is 347 g/mol. The van der Waals surface area contributed by atoms with E-state index in [2.05, 4.69) is 5.32 Å². The lowest BCUT2D eigenvalue weighted by Gasteiger charge is -2.32. The fourth-order valence-electron chi connectivity index (χ4n) is 2.79. The van der Waals surface area contributed by atoms with Crippen molar-refractivity contribution in [2.24, 2.45) is 0 Å². The van der Waals surface area contributed by atoms with Gasteiger partial charge in [-0.15, -0.1) is 0 Å². The van der Waals surface area contributed by atoms with E-state index in [9.17, 15) is 13.6 Å². The first-order chi connectivity index (χ1) is 12.1. The molecule has 1 fully saturated rings. The lowest BCUT2D eigenvalue weighted by molar-refractivity contribution is -0.0605. The van der Waals surface area contributed by atoms with Crippen molar-refractivity contribution in [3.05, 3.63) is 71.3 Å². The third-order valence-corrected chi connectivity index (χ3v) is 4.11. The van der Waals surface area contributed by atoms with E-state index in [4.69, 9.17) is 9.47 Å². The minimum absolute atomic E-state index is 0.237. The molecule has 0 saturated carbocycles. The molecule has 0 unspecified atom stereocenters. The van der Waals surface area contributed by atoms with Crippen LogP contribution in [0, 0.1) is 11.6 Å². The molecule has 2 aromatic carbocycles. The topological polar surface area (TPSA) is 47.6 Å². The van der Waals surface area contributed by atoms with Gasteiger partial charge in [-0.3, -0.25) is 4.79 Å². The third kappa shape index (κ3) is 4.41. The Bertz CT molecular complexity index is 704. The standard InChI is InChI=1S/C19H19F2NO3/c20-14-7-4-8-15(21)18(14)19(23)22-16-12-24-10-9-17(16)25-11-13-5-2-1-3-6-13/h1-8,16-17H,9-12H2,(H,22,23)/t16-,17+/m1/s1. The predicted octanol–water partition coefficient (Wildman–Crippen LogP) is 3.07. The van der Waals surface area contributed by atoms with Gasteiger partial charge in [0.15, 0.2) is 0 Å². The van der Waals surface area contributed by atoms with E-state index >= 15 is 0 Å². The molecule has 1 aliphatic rings. The number of hydrogen-bond donors (Lipinski definition) is 1. The van der Waals surface area contributed by atoms with Crippen LogP contribution in [0.4, 0.5) is 8.78 Å². The van der Waals surface area contributed by atoms with Gasteiger partial charge >= 0.3 is 0 Å². The van der Waals surface area contributed by atoms with Crippen LogP contribution in [0.25, 0.3) is 0 Å². The Labute approximate surface area is 144 Å². The molecular formula is C19H19F2NO3. The van der Waals surface area contributed by atoms with Crippen molar-refractivity contribution < 1.29 is 23.0 Å². The van der Waals surface area contributed by atoms with Gasteiger partial charge in [0.05, 0.1) is 25.4 Å². The molecule has 1 heterocycles. The first-order valence-electron chi connectivity index (χ1n) is 8.13. The number of benzene rings is 2. The van der Waals surface area contributed by atoms with Crippen LogP contribution >= 0.6 is 0 Å². The van der Waals surface area contributed by atoms with E-state index in [0.717, 1.165) is 17.7 Å². The van der Waals surface area contributed by atoms with Gasteiger partial charge < -0.3 is 14.8 Å². The lowest BCUT2D eigenvalue weighted by Crippen LogP contribution is -2.50. The lowest BCUT2D eigenvalue weighted by atomic mass is 10.1. The van der Waals surface area contributed by atoms with E-state index in [-0.39, 0.29) is 12.7 Å². The zero-order valence-corrected chi connectivity index (χ0v) is 13.6. The average Bonchev–Trinajstić information content (AvgIpc) is 2.62.